The molecule has 1 saturated carbocycles. The topological polar surface area (TPSA) is 18.5 Å². The molecule has 0 aromatic carbocycles. The molecule has 104 valence electrons. The summed E-state index contributed by atoms with van der Waals surface area (Å²) in [5.41, 5.74) is 0.537. The Kier molecular flexibility index (Phi) is 3.92. The van der Waals surface area contributed by atoms with Crippen molar-refractivity contribution in [1.82, 2.24) is 15.1 Å². The molecule has 1 unspecified atom stereocenters. The van der Waals surface area contributed by atoms with Gasteiger partial charge in [-0.15, -0.1) is 0 Å². The molecule has 0 aromatic heterocycles. The van der Waals surface area contributed by atoms with E-state index in [1.807, 2.05) is 0 Å². The largest absolute Gasteiger partial charge is 0.316 e. The first-order valence-electron chi connectivity index (χ1n) is 7.92. The summed E-state index contributed by atoms with van der Waals surface area (Å²) in [6.07, 6.45) is 7.21. The van der Waals surface area contributed by atoms with Gasteiger partial charge < -0.3 is 10.2 Å². The summed E-state index contributed by atoms with van der Waals surface area (Å²) in [5, 5.41) is 3.52. The van der Waals surface area contributed by atoms with Crippen molar-refractivity contribution in [3.8, 4) is 0 Å². The van der Waals surface area contributed by atoms with Crippen molar-refractivity contribution in [3.05, 3.63) is 0 Å². The van der Waals surface area contributed by atoms with E-state index in [-0.39, 0.29) is 0 Å². The third kappa shape index (κ3) is 2.89. The van der Waals surface area contributed by atoms with Gasteiger partial charge in [0, 0.05) is 45.3 Å². The van der Waals surface area contributed by atoms with Crippen molar-refractivity contribution < 1.29 is 0 Å². The van der Waals surface area contributed by atoms with E-state index in [0.717, 1.165) is 6.04 Å². The molecule has 0 radical (unpaired) electrons. The first-order chi connectivity index (χ1) is 8.75. The van der Waals surface area contributed by atoms with Crippen molar-refractivity contribution in [3.63, 3.8) is 0 Å². The fraction of sp³-hybridized carbons (Fsp3) is 1.00. The van der Waals surface area contributed by atoms with Crippen LogP contribution < -0.4 is 5.32 Å². The predicted octanol–water partition coefficient (Wildman–Crippen LogP) is 1.55. The van der Waals surface area contributed by atoms with E-state index in [1.165, 1.54) is 77.9 Å². The Morgan fingerprint density at radius 2 is 1.83 bits per heavy atom. The van der Waals surface area contributed by atoms with Crippen LogP contribution in [0.5, 0.6) is 0 Å². The second-order valence-electron chi connectivity index (χ2n) is 6.99. The summed E-state index contributed by atoms with van der Waals surface area (Å²) in [6, 6.07) is 0.927. The van der Waals surface area contributed by atoms with Crippen LogP contribution in [0.15, 0.2) is 0 Å². The molecule has 3 fully saturated rings. The molecule has 0 bridgehead atoms. The van der Waals surface area contributed by atoms with Gasteiger partial charge >= 0.3 is 0 Å². The van der Waals surface area contributed by atoms with E-state index in [1.54, 1.807) is 0 Å². The maximum absolute atomic E-state index is 3.52. The predicted molar refractivity (Wildman–Crippen MR) is 75.9 cm³/mol. The zero-order chi connectivity index (χ0) is 12.4. The third-order valence-corrected chi connectivity index (χ3v) is 5.31. The van der Waals surface area contributed by atoms with Gasteiger partial charge in [-0.2, -0.15) is 0 Å². The average molecular weight is 251 g/mol. The molecule has 2 heterocycles. The van der Waals surface area contributed by atoms with E-state index in [0.29, 0.717) is 5.41 Å². The SMILES string of the molecule is CC1(CN2CCN(C3CCCC3)CC2)CCNC1. The van der Waals surface area contributed by atoms with Crippen LogP contribution in [0.25, 0.3) is 0 Å². The summed E-state index contributed by atoms with van der Waals surface area (Å²) in [6.45, 7) is 11.4. The number of nitrogens with zero attached hydrogens (tertiary/aromatic N) is 2. The number of rotatable bonds is 3. The monoisotopic (exact) mass is 251 g/mol. The molecular weight excluding hydrogens is 222 g/mol. The Morgan fingerprint density at radius 1 is 1.11 bits per heavy atom. The van der Waals surface area contributed by atoms with Gasteiger partial charge in [-0.1, -0.05) is 19.8 Å². The van der Waals surface area contributed by atoms with Crippen LogP contribution in [0, 0.1) is 5.41 Å². The Balaban J connectivity index is 1.45. The summed E-state index contributed by atoms with van der Waals surface area (Å²) in [4.78, 5) is 5.47. The van der Waals surface area contributed by atoms with Gasteiger partial charge in [0.1, 0.15) is 0 Å². The van der Waals surface area contributed by atoms with Gasteiger partial charge in [0.15, 0.2) is 0 Å². The second kappa shape index (κ2) is 5.48. The minimum absolute atomic E-state index is 0.537. The van der Waals surface area contributed by atoms with Crippen molar-refractivity contribution in [1.29, 1.82) is 0 Å². The summed E-state index contributed by atoms with van der Waals surface area (Å²) in [5.74, 6) is 0. The maximum Gasteiger partial charge on any atom is 0.0113 e. The minimum atomic E-state index is 0.537. The van der Waals surface area contributed by atoms with E-state index < -0.39 is 0 Å². The zero-order valence-corrected chi connectivity index (χ0v) is 12.0. The molecule has 18 heavy (non-hydrogen) atoms. The van der Waals surface area contributed by atoms with Gasteiger partial charge in [0.2, 0.25) is 0 Å². The molecule has 3 rings (SSSR count). The van der Waals surface area contributed by atoms with Crippen molar-refractivity contribution >= 4 is 0 Å². The normalized spacial score (nSPS) is 36.5. The van der Waals surface area contributed by atoms with Crippen molar-refractivity contribution in [2.75, 3.05) is 45.8 Å². The highest BCUT2D eigenvalue weighted by atomic mass is 15.3. The highest BCUT2D eigenvalue weighted by Gasteiger charge is 2.33. The molecular formula is C15H29N3. The molecule has 3 aliphatic rings. The molecule has 2 aliphatic heterocycles. The van der Waals surface area contributed by atoms with E-state index in [2.05, 4.69) is 22.0 Å². The molecule has 3 heteroatoms. The van der Waals surface area contributed by atoms with Crippen molar-refractivity contribution in [2.24, 2.45) is 5.41 Å². The number of piperazine rings is 1. The van der Waals surface area contributed by atoms with Gasteiger partial charge in [-0.3, -0.25) is 4.90 Å². The number of hydrogen-bond donors (Lipinski definition) is 1. The first-order valence-corrected chi connectivity index (χ1v) is 7.92. The van der Waals surface area contributed by atoms with Crippen LogP contribution in [0.2, 0.25) is 0 Å². The fourth-order valence-electron chi connectivity index (χ4n) is 4.10. The summed E-state index contributed by atoms with van der Waals surface area (Å²) < 4.78 is 0. The quantitative estimate of drug-likeness (QED) is 0.821. The lowest BCUT2D eigenvalue weighted by Crippen LogP contribution is -2.52. The number of hydrogen-bond acceptors (Lipinski definition) is 3. The lowest BCUT2D eigenvalue weighted by molar-refractivity contribution is 0.0732. The zero-order valence-electron chi connectivity index (χ0n) is 12.0. The van der Waals surface area contributed by atoms with Crippen LogP contribution in [-0.4, -0.2) is 61.7 Å². The Labute approximate surface area is 112 Å². The summed E-state index contributed by atoms with van der Waals surface area (Å²) in [7, 11) is 0. The van der Waals surface area contributed by atoms with Gasteiger partial charge in [0.25, 0.3) is 0 Å². The maximum atomic E-state index is 3.52. The van der Waals surface area contributed by atoms with Crippen LogP contribution in [0.3, 0.4) is 0 Å². The Bertz CT molecular complexity index is 259. The summed E-state index contributed by atoms with van der Waals surface area (Å²) >= 11 is 0. The third-order valence-electron chi connectivity index (χ3n) is 5.31. The van der Waals surface area contributed by atoms with E-state index in [9.17, 15) is 0 Å². The van der Waals surface area contributed by atoms with Gasteiger partial charge in [-0.05, 0) is 31.2 Å². The lowest BCUT2D eigenvalue weighted by atomic mass is 9.89. The molecule has 0 aromatic rings. The Hall–Kier alpha value is -0.120. The molecule has 1 aliphatic carbocycles. The highest BCUT2D eigenvalue weighted by Crippen LogP contribution is 2.28. The van der Waals surface area contributed by atoms with E-state index >= 15 is 0 Å². The Morgan fingerprint density at radius 3 is 2.44 bits per heavy atom. The smallest absolute Gasteiger partial charge is 0.0113 e. The van der Waals surface area contributed by atoms with Crippen LogP contribution in [-0.2, 0) is 0 Å². The van der Waals surface area contributed by atoms with Crippen LogP contribution in [0.4, 0.5) is 0 Å². The van der Waals surface area contributed by atoms with Crippen LogP contribution in [0.1, 0.15) is 39.0 Å². The highest BCUT2D eigenvalue weighted by molar-refractivity contribution is 4.89. The van der Waals surface area contributed by atoms with Crippen LogP contribution >= 0.6 is 0 Å². The minimum Gasteiger partial charge on any atom is -0.316 e. The molecule has 2 saturated heterocycles. The molecule has 1 atom stereocenters. The van der Waals surface area contributed by atoms with Crippen molar-refractivity contribution in [2.45, 2.75) is 45.1 Å². The molecule has 0 amide bonds. The van der Waals surface area contributed by atoms with Gasteiger partial charge in [-0.25, -0.2) is 0 Å². The van der Waals surface area contributed by atoms with Gasteiger partial charge in [0.05, 0.1) is 0 Å². The number of nitrogens with one attached hydrogen (secondary N) is 1. The standard InChI is InChI=1S/C15H29N3/c1-15(6-7-16-12-15)13-17-8-10-18(11-9-17)14-4-2-3-5-14/h14,16H,2-13H2,1H3. The molecule has 1 N–H and O–H groups in total. The average Bonchev–Trinajstić information content (AvgIpc) is 3.02. The second-order valence-corrected chi connectivity index (χ2v) is 6.99. The van der Waals surface area contributed by atoms with E-state index in [4.69, 9.17) is 0 Å². The molecule has 3 nitrogen and oxygen atoms in total. The molecule has 0 spiro atoms. The first kappa shape index (κ1) is 12.9. The lowest BCUT2D eigenvalue weighted by Gasteiger charge is -2.40. The fourth-order valence-corrected chi connectivity index (χ4v) is 4.10.